The zero-order valence-electron chi connectivity index (χ0n) is 13.7. The van der Waals surface area contributed by atoms with Gasteiger partial charge in [0.1, 0.15) is 5.69 Å². The van der Waals surface area contributed by atoms with Gasteiger partial charge in [-0.25, -0.2) is 9.97 Å². The van der Waals surface area contributed by atoms with Gasteiger partial charge >= 0.3 is 0 Å². The van der Waals surface area contributed by atoms with Crippen molar-refractivity contribution < 1.29 is 14.3 Å². The van der Waals surface area contributed by atoms with Gasteiger partial charge in [0, 0.05) is 11.8 Å². The van der Waals surface area contributed by atoms with E-state index in [1.54, 1.807) is 39.3 Å². The van der Waals surface area contributed by atoms with Crippen LogP contribution in [-0.2, 0) is 0 Å². The smallest absolute Gasteiger partial charge is 0.276 e. The Kier molecular flexibility index (Phi) is 4.29. The van der Waals surface area contributed by atoms with E-state index in [4.69, 9.17) is 9.47 Å². The van der Waals surface area contributed by atoms with Crippen LogP contribution in [0.2, 0.25) is 0 Å². The third-order valence-electron chi connectivity index (χ3n) is 3.60. The minimum Gasteiger partial charge on any atom is -0.493 e. The summed E-state index contributed by atoms with van der Waals surface area (Å²) in [5.74, 6) is 0.812. The quantitative estimate of drug-likeness (QED) is 0.798. The SMILES string of the molecule is COc1ccc(NC(=O)c2nc3ccccc3nc2C)cc1OC. The van der Waals surface area contributed by atoms with E-state index in [0.717, 1.165) is 5.52 Å². The highest BCUT2D eigenvalue weighted by Gasteiger charge is 2.15. The van der Waals surface area contributed by atoms with Crippen molar-refractivity contribution in [1.29, 1.82) is 0 Å². The van der Waals surface area contributed by atoms with E-state index in [1.165, 1.54) is 0 Å². The monoisotopic (exact) mass is 323 g/mol. The molecule has 0 atom stereocenters. The number of aryl methyl sites for hydroxylation is 1. The number of ether oxygens (including phenoxy) is 2. The second-order valence-electron chi connectivity index (χ2n) is 5.17. The molecule has 0 saturated carbocycles. The second kappa shape index (κ2) is 6.54. The fourth-order valence-electron chi connectivity index (χ4n) is 2.41. The number of rotatable bonds is 4. The number of aromatic nitrogens is 2. The van der Waals surface area contributed by atoms with Crippen LogP contribution in [0.4, 0.5) is 5.69 Å². The molecule has 3 rings (SSSR count). The topological polar surface area (TPSA) is 73.3 Å². The van der Waals surface area contributed by atoms with Gasteiger partial charge in [0.2, 0.25) is 0 Å². The maximum absolute atomic E-state index is 12.5. The molecule has 122 valence electrons. The van der Waals surface area contributed by atoms with Crippen molar-refractivity contribution in [2.75, 3.05) is 19.5 Å². The summed E-state index contributed by atoms with van der Waals surface area (Å²) in [7, 11) is 3.10. The van der Waals surface area contributed by atoms with Gasteiger partial charge in [-0.15, -0.1) is 0 Å². The lowest BCUT2D eigenvalue weighted by Gasteiger charge is -2.11. The second-order valence-corrected chi connectivity index (χ2v) is 5.17. The van der Waals surface area contributed by atoms with Gasteiger partial charge in [0.05, 0.1) is 30.9 Å². The lowest BCUT2D eigenvalue weighted by molar-refractivity contribution is 0.102. The van der Waals surface area contributed by atoms with Crippen molar-refractivity contribution in [3.05, 3.63) is 53.9 Å². The number of methoxy groups -OCH3 is 2. The van der Waals surface area contributed by atoms with E-state index >= 15 is 0 Å². The molecule has 0 unspecified atom stereocenters. The maximum atomic E-state index is 12.5. The summed E-state index contributed by atoms with van der Waals surface area (Å²) in [6.07, 6.45) is 0. The number of para-hydroxylation sites is 2. The molecule has 0 fully saturated rings. The molecular formula is C18H17N3O3. The Morgan fingerprint density at radius 1 is 0.958 bits per heavy atom. The number of amides is 1. The Morgan fingerprint density at radius 2 is 1.62 bits per heavy atom. The first-order valence-corrected chi connectivity index (χ1v) is 7.39. The number of carbonyl (C=O) groups is 1. The average Bonchev–Trinajstić information content (AvgIpc) is 2.60. The van der Waals surface area contributed by atoms with Gasteiger partial charge in [0.15, 0.2) is 11.5 Å². The van der Waals surface area contributed by atoms with E-state index in [0.29, 0.717) is 34.1 Å². The van der Waals surface area contributed by atoms with Crippen molar-refractivity contribution in [3.8, 4) is 11.5 Å². The molecule has 0 aliphatic carbocycles. The Balaban J connectivity index is 1.91. The minimum atomic E-state index is -0.321. The first-order chi connectivity index (χ1) is 11.6. The molecule has 1 amide bonds. The van der Waals surface area contributed by atoms with Crippen molar-refractivity contribution in [3.63, 3.8) is 0 Å². The van der Waals surface area contributed by atoms with Crippen LogP contribution < -0.4 is 14.8 Å². The minimum absolute atomic E-state index is 0.295. The third-order valence-corrected chi connectivity index (χ3v) is 3.60. The summed E-state index contributed by atoms with van der Waals surface area (Å²) >= 11 is 0. The van der Waals surface area contributed by atoms with Gasteiger partial charge in [-0.3, -0.25) is 4.79 Å². The number of carbonyl (C=O) groups excluding carboxylic acids is 1. The summed E-state index contributed by atoms with van der Waals surface area (Å²) in [6, 6.07) is 12.6. The predicted octanol–water partition coefficient (Wildman–Crippen LogP) is 3.21. The van der Waals surface area contributed by atoms with Crippen LogP contribution in [0.25, 0.3) is 11.0 Å². The largest absolute Gasteiger partial charge is 0.493 e. The van der Waals surface area contributed by atoms with Gasteiger partial charge in [0.25, 0.3) is 5.91 Å². The van der Waals surface area contributed by atoms with Crippen LogP contribution in [0.15, 0.2) is 42.5 Å². The number of hydrogen-bond acceptors (Lipinski definition) is 5. The lowest BCUT2D eigenvalue weighted by Crippen LogP contribution is -2.16. The fourth-order valence-corrected chi connectivity index (χ4v) is 2.41. The third kappa shape index (κ3) is 2.99. The molecule has 0 radical (unpaired) electrons. The molecule has 0 spiro atoms. The summed E-state index contributed by atoms with van der Waals surface area (Å²) in [5.41, 5.74) is 2.90. The number of nitrogens with zero attached hydrogens (tertiary/aromatic N) is 2. The Morgan fingerprint density at radius 3 is 2.29 bits per heavy atom. The maximum Gasteiger partial charge on any atom is 0.276 e. The summed E-state index contributed by atoms with van der Waals surface area (Å²) in [6.45, 7) is 1.77. The first-order valence-electron chi connectivity index (χ1n) is 7.39. The normalized spacial score (nSPS) is 10.5. The van der Waals surface area contributed by atoms with Gasteiger partial charge in [-0.1, -0.05) is 12.1 Å². The Bertz CT molecular complexity index is 909. The first kappa shape index (κ1) is 15.7. The molecule has 3 aromatic rings. The van der Waals surface area contributed by atoms with Crippen molar-refractivity contribution in [2.45, 2.75) is 6.92 Å². The number of fused-ring (bicyclic) bond motifs is 1. The Labute approximate surface area is 139 Å². The van der Waals surface area contributed by atoms with Gasteiger partial charge < -0.3 is 14.8 Å². The predicted molar refractivity (Wildman–Crippen MR) is 91.8 cm³/mol. The van der Waals surface area contributed by atoms with Gasteiger partial charge in [-0.2, -0.15) is 0 Å². The molecule has 2 aromatic carbocycles. The molecule has 1 N–H and O–H groups in total. The van der Waals surface area contributed by atoms with Crippen LogP contribution in [0.5, 0.6) is 11.5 Å². The lowest BCUT2D eigenvalue weighted by atomic mass is 10.2. The molecule has 0 saturated heterocycles. The molecule has 1 heterocycles. The van der Waals surface area contributed by atoms with Crippen LogP contribution >= 0.6 is 0 Å². The molecule has 6 heteroatoms. The van der Waals surface area contributed by atoms with E-state index in [9.17, 15) is 4.79 Å². The fraction of sp³-hybridized carbons (Fsp3) is 0.167. The molecule has 6 nitrogen and oxygen atoms in total. The van der Waals surface area contributed by atoms with Crippen LogP contribution in [-0.4, -0.2) is 30.1 Å². The van der Waals surface area contributed by atoms with Crippen LogP contribution in [0, 0.1) is 6.92 Å². The molecule has 24 heavy (non-hydrogen) atoms. The van der Waals surface area contributed by atoms with E-state index < -0.39 is 0 Å². The molecule has 0 bridgehead atoms. The van der Waals surface area contributed by atoms with E-state index in [-0.39, 0.29) is 5.91 Å². The van der Waals surface area contributed by atoms with Crippen molar-refractivity contribution in [1.82, 2.24) is 9.97 Å². The molecule has 0 aliphatic rings. The van der Waals surface area contributed by atoms with Gasteiger partial charge in [-0.05, 0) is 31.2 Å². The standard InChI is InChI=1S/C18H17N3O3/c1-11-17(21-14-7-5-4-6-13(14)19-11)18(22)20-12-8-9-15(23-2)16(10-12)24-3/h4-10H,1-3H3,(H,20,22). The summed E-state index contributed by atoms with van der Waals surface area (Å²) < 4.78 is 10.4. The number of benzene rings is 2. The van der Waals surface area contributed by atoms with Crippen molar-refractivity contribution in [2.24, 2.45) is 0 Å². The zero-order valence-corrected chi connectivity index (χ0v) is 13.7. The van der Waals surface area contributed by atoms with Crippen LogP contribution in [0.3, 0.4) is 0 Å². The van der Waals surface area contributed by atoms with E-state index in [1.807, 2.05) is 24.3 Å². The highest BCUT2D eigenvalue weighted by atomic mass is 16.5. The average molecular weight is 323 g/mol. The number of hydrogen-bond donors (Lipinski definition) is 1. The van der Waals surface area contributed by atoms with E-state index in [2.05, 4.69) is 15.3 Å². The number of nitrogens with one attached hydrogen (secondary N) is 1. The zero-order chi connectivity index (χ0) is 17.1. The summed E-state index contributed by atoms with van der Waals surface area (Å²) in [4.78, 5) is 21.4. The highest BCUT2D eigenvalue weighted by molar-refractivity contribution is 6.04. The number of anilines is 1. The van der Waals surface area contributed by atoms with Crippen LogP contribution in [0.1, 0.15) is 16.2 Å². The Hall–Kier alpha value is -3.15. The molecule has 1 aromatic heterocycles. The van der Waals surface area contributed by atoms with Crippen molar-refractivity contribution >= 4 is 22.6 Å². The molecular weight excluding hydrogens is 306 g/mol. The molecule has 0 aliphatic heterocycles. The summed E-state index contributed by atoms with van der Waals surface area (Å²) in [5, 5.41) is 2.81. The highest BCUT2D eigenvalue weighted by Crippen LogP contribution is 2.30.